The van der Waals surface area contributed by atoms with Gasteiger partial charge in [-0.1, -0.05) is 245 Å². The van der Waals surface area contributed by atoms with Crippen LogP contribution in [0.2, 0.25) is 0 Å². The van der Waals surface area contributed by atoms with Crippen LogP contribution in [0.3, 0.4) is 0 Å². The number of rotatable bonds is 8. The number of benzene rings is 10. The zero-order valence-electron chi connectivity index (χ0n) is 47.1. The molecule has 0 radical (unpaired) electrons. The monoisotopic (exact) mass is 1120 g/mol. The van der Waals surface area contributed by atoms with Gasteiger partial charge in [0.2, 0.25) is 0 Å². The van der Waals surface area contributed by atoms with Crippen molar-refractivity contribution in [3.8, 4) is 22.3 Å². The highest BCUT2D eigenvalue weighted by atomic mass is 127. The second kappa shape index (κ2) is 19.8. The smallest absolute Gasteiger partial charge is 0.0468 e. The summed E-state index contributed by atoms with van der Waals surface area (Å²) in [7, 11) is 0. The summed E-state index contributed by atoms with van der Waals surface area (Å²) in [6, 6.07) is 73.8. The first kappa shape index (κ1) is 52.1. The van der Waals surface area contributed by atoms with E-state index in [1.54, 1.807) is 0 Å². The van der Waals surface area contributed by atoms with E-state index in [1.165, 1.54) is 87.7 Å². The summed E-state index contributed by atoms with van der Waals surface area (Å²) in [4.78, 5) is 4.95. The third-order valence-electron chi connectivity index (χ3n) is 16.1. The molecule has 0 heterocycles. The number of hydrogen-bond acceptors (Lipinski definition) is 2. The highest BCUT2D eigenvalue weighted by Gasteiger charge is 2.32. The second-order valence-corrected chi connectivity index (χ2v) is 27.0. The van der Waals surface area contributed by atoms with Gasteiger partial charge in [0.25, 0.3) is 0 Å². The Hall–Kier alpha value is -6.95. The third-order valence-corrected chi connectivity index (χ3v) is 17.2. The summed E-state index contributed by atoms with van der Waals surface area (Å²) in [5.74, 6) is 0.410. The van der Waals surface area contributed by atoms with Crippen molar-refractivity contribution in [2.24, 2.45) is 11.3 Å². The average molecular weight is 1120 g/mol. The Morgan fingerprint density at radius 1 is 0.351 bits per heavy atom. The minimum atomic E-state index is 0.0261. The molecular weight excluding hydrogens is 1040 g/mol. The number of allylic oxidation sites excluding steroid dienone is 3. The lowest BCUT2D eigenvalue weighted by molar-refractivity contribution is 0.303. The van der Waals surface area contributed by atoms with Gasteiger partial charge in [-0.25, -0.2) is 0 Å². The van der Waals surface area contributed by atoms with Gasteiger partial charge in [-0.15, -0.1) is 0 Å². The molecule has 0 saturated heterocycles. The van der Waals surface area contributed by atoms with E-state index in [0.717, 1.165) is 28.4 Å². The van der Waals surface area contributed by atoms with Gasteiger partial charge in [0, 0.05) is 38.1 Å². The van der Waals surface area contributed by atoms with Gasteiger partial charge in [0.05, 0.1) is 0 Å². The summed E-state index contributed by atoms with van der Waals surface area (Å²) in [6.07, 6.45) is 7.32. The third kappa shape index (κ3) is 10.0. The highest BCUT2D eigenvalue weighted by molar-refractivity contribution is 14.1. The minimum Gasteiger partial charge on any atom is -0.311 e. The fraction of sp³-hybridized carbons (Fsp3) is 0.243. The zero-order valence-corrected chi connectivity index (χ0v) is 49.3. The Morgan fingerprint density at radius 2 is 0.714 bits per heavy atom. The van der Waals surface area contributed by atoms with Crippen LogP contribution in [-0.2, 0) is 16.2 Å². The molecule has 0 saturated carbocycles. The molecular formula is C74H73IN2. The number of hydrogen-bond donors (Lipinski definition) is 0. The van der Waals surface area contributed by atoms with E-state index < -0.39 is 0 Å². The van der Waals surface area contributed by atoms with Gasteiger partial charge in [0.15, 0.2) is 0 Å². The maximum Gasteiger partial charge on any atom is 0.0468 e. The molecule has 1 aliphatic rings. The Labute approximate surface area is 472 Å². The minimum absolute atomic E-state index is 0.0261. The van der Waals surface area contributed by atoms with Gasteiger partial charge in [-0.05, 0) is 182 Å². The topological polar surface area (TPSA) is 6.48 Å². The molecule has 386 valence electrons. The van der Waals surface area contributed by atoms with E-state index in [0.29, 0.717) is 9.84 Å². The second-order valence-electron chi connectivity index (χ2n) is 25.6. The van der Waals surface area contributed by atoms with E-state index in [-0.39, 0.29) is 21.7 Å². The predicted molar refractivity (Wildman–Crippen MR) is 345 cm³/mol. The summed E-state index contributed by atoms with van der Waals surface area (Å²) in [5, 5.41) is 9.75. The van der Waals surface area contributed by atoms with Crippen molar-refractivity contribution < 1.29 is 0 Å². The molecule has 10 aromatic rings. The molecule has 0 bridgehead atoms. The summed E-state index contributed by atoms with van der Waals surface area (Å²) < 4.78 is 0.319. The van der Waals surface area contributed by atoms with Crippen molar-refractivity contribution in [3.05, 3.63) is 235 Å². The zero-order chi connectivity index (χ0) is 54.2. The van der Waals surface area contributed by atoms with Gasteiger partial charge < -0.3 is 9.80 Å². The molecule has 0 spiro atoms. The Balaban J connectivity index is 1.24. The quantitative estimate of drug-likeness (QED) is 0.0850. The molecule has 3 heteroatoms. The molecule has 11 rings (SSSR count). The van der Waals surface area contributed by atoms with E-state index in [1.807, 2.05) is 0 Å². The Kier molecular flexibility index (Phi) is 13.4. The maximum absolute atomic E-state index is 2.67. The number of alkyl halides is 1. The van der Waals surface area contributed by atoms with E-state index in [2.05, 4.69) is 328 Å². The van der Waals surface area contributed by atoms with Crippen LogP contribution in [0.15, 0.2) is 218 Å². The molecule has 0 fully saturated rings. The number of halogens is 1. The van der Waals surface area contributed by atoms with Crippen molar-refractivity contribution in [3.63, 3.8) is 0 Å². The molecule has 0 N–H and O–H groups in total. The van der Waals surface area contributed by atoms with Crippen molar-refractivity contribution in [1.29, 1.82) is 0 Å². The van der Waals surface area contributed by atoms with Gasteiger partial charge in [0.1, 0.15) is 0 Å². The number of anilines is 5. The number of fused-ring (bicyclic) bond motifs is 4. The van der Waals surface area contributed by atoms with Gasteiger partial charge in [-0.3, -0.25) is 0 Å². The van der Waals surface area contributed by atoms with Gasteiger partial charge in [-0.2, -0.15) is 0 Å². The highest BCUT2D eigenvalue weighted by Crippen LogP contribution is 2.51. The summed E-state index contributed by atoms with van der Waals surface area (Å²) in [6.45, 7) is 27.7. The van der Waals surface area contributed by atoms with Crippen LogP contribution in [0.25, 0.3) is 65.3 Å². The Bertz CT molecular complexity index is 3840. The standard InChI is InChI=1S/C74H73IN2/c1-71(2,3)50-27-33-53(34-28-50)76(54-35-29-51(30-36-54)72(4,5)6)56-39-42-63-65(45-56)69(61-25-17-21-48-19-13-15-23-59(48)61)64-43-40-57(46-66(64)70(63)62-26-18-22-49-20-14-16-24-60(49)62)77(55-37-31-52(32-38-55)73(7,8)9)58-41-44-67(68(75)47-58)74(10,11)12/h13-47,67-68H,1-12H3/t67?,68-/m0/s1. The first-order chi connectivity index (χ1) is 36.6. The molecule has 1 unspecified atom stereocenters. The van der Waals surface area contributed by atoms with Crippen LogP contribution in [0, 0.1) is 11.3 Å². The van der Waals surface area contributed by atoms with Crippen LogP contribution in [0.5, 0.6) is 0 Å². The van der Waals surface area contributed by atoms with Crippen LogP contribution < -0.4 is 9.80 Å². The fourth-order valence-electron chi connectivity index (χ4n) is 11.7. The molecule has 0 aliphatic heterocycles. The maximum atomic E-state index is 2.67. The molecule has 0 amide bonds. The lowest BCUT2D eigenvalue weighted by atomic mass is 9.77. The normalized spacial score (nSPS) is 15.4. The first-order valence-corrected chi connectivity index (χ1v) is 28.8. The van der Waals surface area contributed by atoms with Crippen LogP contribution >= 0.6 is 22.6 Å². The van der Waals surface area contributed by atoms with E-state index >= 15 is 0 Å². The molecule has 10 aromatic carbocycles. The predicted octanol–water partition coefficient (Wildman–Crippen LogP) is 22.1. The van der Waals surface area contributed by atoms with Crippen molar-refractivity contribution in [2.45, 2.75) is 103 Å². The SMILES string of the molecule is CC(C)(C)c1ccc(N(C2=C[C@H](I)C(C(C)(C)C)C=C2)c2ccc3c(-c4cccc5ccccc45)c4cc(N(c5ccc(C(C)(C)C)cc5)c5ccc(C(C)(C)C)cc5)ccc4c(-c4cccc5ccccc45)c3c2)cc1. The van der Waals surface area contributed by atoms with Gasteiger partial charge >= 0.3 is 0 Å². The number of nitrogens with zero attached hydrogens (tertiary/aromatic N) is 2. The van der Waals surface area contributed by atoms with Crippen LogP contribution in [-0.4, -0.2) is 3.92 Å². The molecule has 77 heavy (non-hydrogen) atoms. The van der Waals surface area contributed by atoms with Crippen molar-refractivity contribution in [2.75, 3.05) is 9.80 Å². The summed E-state index contributed by atoms with van der Waals surface area (Å²) >= 11 is 2.67. The van der Waals surface area contributed by atoms with E-state index in [9.17, 15) is 0 Å². The van der Waals surface area contributed by atoms with Crippen molar-refractivity contribution in [1.82, 2.24) is 0 Å². The first-order valence-electron chi connectivity index (χ1n) is 27.6. The fourth-order valence-corrected chi connectivity index (χ4v) is 13.4. The molecule has 2 atom stereocenters. The van der Waals surface area contributed by atoms with Crippen molar-refractivity contribution >= 4 is 94.1 Å². The lowest BCUT2D eigenvalue weighted by Gasteiger charge is -2.36. The van der Waals surface area contributed by atoms with E-state index in [4.69, 9.17) is 0 Å². The largest absolute Gasteiger partial charge is 0.311 e. The van der Waals surface area contributed by atoms with Crippen LogP contribution in [0.1, 0.15) is 99.8 Å². The summed E-state index contributed by atoms with van der Waals surface area (Å²) in [5.41, 5.74) is 15.9. The lowest BCUT2D eigenvalue weighted by Crippen LogP contribution is -2.29. The van der Waals surface area contributed by atoms with Crippen LogP contribution in [0.4, 0.5) is 28.4 Å². The molecule has 0 aromatic heterocycles. The molecule has 2 nitrogen and oxygen atoms in total. The molecule has 1 aliphatic carbocycles. The average Bonchev–Trinajstić information content (AvgIpc) is 3.45. The Morgan fingerprint density at radius 3 is 1.10 bits per heavy atom.